The molecular formula is C12H14N4O2. The minimum atomic E-state index is -0.384. The van der Waals surface area contributed by atoms with Gasteiger partial charge in [-0.1, -0.05) is 6.07 Å². The summed E-state index contributed by atoms with van der Waals surface area (Å²) in [6.45, 7) is 2.40. The molecule has 0 aliphatic carbocycles. The van der Waals surface area contributed by atoms with Gasteiger partial charge in [-0.3, -0.25) is 10.1 Å². The molecular weight excluding hydrogens is 232 g/mol. The third kappa shape index (κ3) is 2.48. The predicted octanol–water partition coefficient (Wildman–Crippen LogP) is 2.25. The van der Waals surface area contributed by atoms with Gasteiger partial charge in [-0.15, -0.1) is 0 Å². The quantitative estimate of drug-likeness (QED) is 0.663. The van der Waals surface area contributed by atoms with Gasteiger partial charge in [-0.2, -0.15) is 0 Å². The van der Waals surface area contributed by atoms with Gasteiger partial charge in [0.1, 0.15) is 5.69 Å². The Balaban J connectivity index is 2.20. The van der Waals surface area contributed by atoms with Gasteiger partial charge in [0.25, 0.3) is 5.69 Å². The van der Waals surface area contributed by atoms with Crippen molar-refractivity contribution in [3.05, 3.63) is 52.1 Å². The lowest BCUT2D eigenvalue weighted by atomic mass is 10.2. The molecule has 0 atom stereocenters. The SMILES string of the molecule is Cc1ccc([N+](=O)[O-])c(NCc2cncn2C)c1. The second-order valence-corrected chi connectivity index (χ2v) is 4.13. The summed E-state index contributed by atoms with van der Waals surface area (Å²) in [5.41, 5.74) is 2.56. The van der Waals surface area contributed by atoms with Crippen LogP contribution in [0.25, 0.3) is 0 Å². The van der Waals surface area contributed by atoms with Gasteiger partial charge in [0, 0.05) is 19.3 Å². The van der Waals surface area contributed by atoms with E-state index in [9.17, 15) is 10.1 Å². The lowest BCUT2D eigenvalue weighted by Gasteiger charge is -2.08. The van der Waals surface area contributed by atoms with Gasteiger partial charge in [0.05, 0.1) is 23.5 Å². The van der Waals surface area contributed by atoms with Crippen molar-refractivity contribution >= 4 is 11.4 Å². The first-order valence-corrected chi connectivity index (χ1v) is 5.52. The molecule has 0 amide bonds. The predicted molar refractivity (Wildman–Crippen MR) is 68.4 cm³/mol. The number of hydrogen-bond acceptors (Lipinski definition) is 4. The molecule has 0 spiro atoms. The van der Waals surface area contributed by atoms with Crippen molar-refractivity contribution in [1.29, 1.82) is 0 Å². The average molecular weight is 246 g/mol. The van der Waals surface area contributed by atoms with Crippen molar-refractivity contribution in [3.63, 3.8) is 0 Å². The summed E-state index contributed by atoms with van der Waals surface area (Å²) >= 11 is 0. The number of nitrogens with zero attached hydrogens (tertiary/aromatic N) is 3. The zero-order chi connectivity index (χ0) is 13.1. The normalized spacial score (nSPS) is 10.3. The molecule has 1 aromatic heterocycles. The number of imidazole rings is 1. The third-order valence-corrected chi connectivity index (χ3v) is 2.73. The van der Waals surface area contributed by atoms with E-state index in [2.05, 4.69) is 10.3 Å². The van der Waals surface area contributed by atoms with Crippen LogP contribution < -0.4 is 5.32 Å². The molecule has 0 unspecified atom stereocenters. The standard InChI is InChI=1S/C12H14N4O2/c1-9-3-4-12(16(17)18)11(5-9)14-7-10-6-13-8-15(10)2/h3-6,8,14H,7H2,1-2H3. The molecule has 6 nitrogen and oxygen atoms in total. The van der Waals surface area contributed by atoms with E-state index in [-0.39, 0.29) is 10.6 Å². The number of nitrogens with one attached hydrogen (secondary N) is 1. The fourth-order valence-electron chi connectivity index (χ4n) is 1.69. The Kier molecular flexibility index (Phi) is 3.27. The highest BCUT2D eigenvalue weighted by Crippen LogP contribution is 2.25. The van der Waals surface area contributed by atoms with Gasteiger partial charge in [-0.05, 0) is 18.6 Å². The molecule has 0 saturated carbocycles. The van der Waals surface area contributed by atoms with Crippen molar-refractivity contribution in [3.8, 4) is 0 Å². The van der Waals surface area contributed by atoms with Crippen molar-refractivity contribution in [1.82, 2.24) is 9.55 Å². The number of rotatable bonds is 4. The number of aryl methyl sites for hydroxylation is 2. The average Bonchev–Trinajstić information content (AvgIpc) is 2.72. The highest BCUT2D eigenvalue weighted by molar-refractivity contribution is 5.62. The molecule has 0 saturated heterocycles. The molecule has 1 aromatic carbocycles. The van der Waals surface area contributed by atoms with Gasteiger partial charge in [0.2, 0.25) is 0 Å². The van der Waals surface area contributed by atoms with Crippen molar-refractivity contribution in [2.24, 2.45) is 7.05 Å². The van der Waals surface area contributed by atoms with Gasteiger partial charge in [-0.25, -0.2) is 4.98 Å². The van der Waals surface area contributed by atoms with E-state index < -0.39 is 0 Å². The van der Waals surface area contributed by atoms with Crippen LogP contribution in [0.1, 0.15) is 11.3 Å². The van der Waals surface area contributed by atoms with Crippen LogP contribution in [0.4, 0.5) is 11.4 Å². The number of anilines is 1. The number of aromatic nitrogens is 2. The van der Waals surface area contributed by atoms with E-state index in [4.69, 9.17) is 0 Å². The molecule has 0 fully saturated rings. The van der Waals surface area contributed by atoms with Crippen molar-refractivity contribution in [2.45, 2.75) is 13.5 Å². The van der Waals surface area contributed by atoms with E-state index in [0.29, 0.717) is 12.2 Å². The lowest BCUT2D eigenvalue weighted by Crippen LogP contribution is -2.06. The third-order valence-electron chi connectivity index (χ3n) is 2.73. The van der Waals surface area contributed by atoms with E-state index in [0.717, 1.165) is 11.3 Å². The smallest absolute Gasteiger partial charge is 0.292 e. The van der Waals surface area contributed by atoms with Crippen LogP contribution in [0.15, 0.2) is 30.7 Å². The van der Waals surface area contributed by atoms with Crippen LogP contribution in [-0.4, -0.2) is 14.5 Å². The Labute approximate surface area is 104 Å². The van der Waals surface area contributed by atoms with E-state index in [1.54, 1.807) is 24.7 Å². The maximum Gasteiger partial charge on any atom is 0.292 e. The molecule has 1 heterocycles. The summed E-state index contributed by atoms with van der Waals surface area (Å²) in [5, 5.41) is 14.0. The minimum Gasteiger partial charge on any atom is -0.374 e. The summed E-state index contributed by atoms with van der Waals surface area (Å²) in [5.74, 6) is 0. The summed E-state index contributed by atoms with van der Waals surface area (Å²) < 4.78 is 1.87. The molecule has 1 N–H and O–H groups in total. The highest BCUT2D eigenvalue weighted by atomic mass is 16.6. The van der Waals surface area contributed by atoms with Gasteiger partial charge >= 0.3 is 0 Å². The van der Waals surface area contributed by atoms with E-state index in [1.807, 2.05) is 18.5 Å². The zero-order valence-corrected chi connectivity index (χ0v) is 10.3. The molecule has 0 radical (unpaired) electrons. The molecule has 2 aromatic rings. The number of nitro benzene ring substituents is 1. The molecule has 6 heteroatoms. The number of hydrogen-bond donors (Lipinski definition) is 1. The van der Waals surface area contributed by atoms with Crippen LogP contribution in [0, 0.1) is 17.0 Å². The maximum atomic E-state index is 10.9. The second-order valence-electron chi connectivity index (χ2n) is 4.13. The molecule has 0 aliphatic rings. The first-order valence-electron chi connectivity index (χ1n) is 5.52. The highest BCUT2D eigenvalue weighted by Gasteiger charge is 2.13. The number of nitro groups is 1. The monoisotopic (exact) mass is 246 g/mol. The summed E-state index contributed by atoms with van der Waals surface area (Å²) in [4.78, 5) is 14.5. The Bertz CT molecular complexity index is 577. The van der Waals surface area contributed by atoms with Crippen LogP contribution >= 0.6 is 0 Å². The van der Waals surface area contributed by atoms with Crippen LogP contribution in [0.2, 0.25) is 0 Å². The zero-order valence-electron chi connectivity index (χ0n) is 10.3. The molecule has 94 valence electrons. The Morgan fingerprint density at radius 1 is 1.50 bits per heavy atom. The van der Waals surface area contributed by atoms with Crippen LogP contribution in [0.5, 0.6) is 0 Å². The van der Waals surface area contributed by atoms with Crippen LogP contribution in [-0.2, 0) is 13.6 Å². The molecule has 0 bridgehead atoms. The molecule has 2 rings (SSSR count). The first-order chi connectivity index (χ1) is 8.58. The Hall–Kier alpha value is -2.37. The largest absolute Gasteiger partial charge is 0.374 e. The second kappa shape index (κ2) is 4.87. The van der Waals surface area contributed by atoms with Gasteiger partial charge in [0.15, 0.2) is 0 Å². The molecule has 0 aliphatic heterocycles. The van der Waals surface area contributed by atoms with Crippen molar-refractivity contribution in [2.75, 3.05) is 5.32 Å². The minimum absolute atomic E-state index is 0.0859. The fourth-order valence-corrected chi connectivity index (χ4v) is 1.69. The fraction of sp³-hybridized carbons (Fsp3) is 0.250. The summed E-state index contributed by atoms with van der Waals surface area (Å²) in [6.07, 6.45) is 3.43. The van der Waals surface area contributed by atoms with Gasteiger partial charge < -0.3 is 9.88 Å². The Morgan fingerprint density at radius 2 is 2.28 bits per heavy atom. The summed E-state index contributed by atoms with van der Waals surface area (Å²) in [7, 11) is 1.88. The maximum absolute atomic E-state index is 10.9. The summed E-state index contributed by atoms with van der Waals surface area (Å²) in [6, 6.07) is 5.02. The van der Waals surface area contributed by atoms with E-state index >= 15 is 0 Å². The topological polar surface area (TPSA) is 73.0 Å². The number of benzene rings is 1. The lowest BCUT2D eigenvalue weighted by molar-refractivity contribution is -0.384. The first kappa shape index (κ1) is 12.1. The molecule has 18 heavy (non-hydrogen) atoms. The van der Waals surface area contributed by atoms with E-state index in [1.165, 1.54) is 6.07 Å². The van der Waals surface area contributed by atoms with Crippen molar-refractivity contribution < 1.29 is 4.92 Å². The van der Waals surface area contributed by atoms with Crippen LogP contribution in [0.3, 0.4) is 0 Å². The Morgan fingerprint density at radius 3 is 2.89 bits per heavy atom.